The van der Waals surface area contributed by atoms with Crippen molar-refractivity contribution >= 4 is 27.6 Å². The Kier molecular flexibility index (Phi) is 36.9. The van der Waals surface area contributed by atoms with Gasteiger partial charge in [0.2, 0.25) is 0 Å². The molecule has 14 nitrogen and oxygen atoms in total. The van der Waals surface area contributed by atoms with Gasteiger partial charge in [-0.05, 0) is 77.0 Å². The van der Waals surface area contributed by atoms with Crippen molar-refractivity contribution in [2.24, 2.45) is 0 Å². The molecule has 0 rings (SSSR count). The highest BCUT2D eigenvalue weighted by atomic mass is 31.2. The summed E-state index contributed by atoms with van der Waals surface area (Å²) >= 11 is 0. The maximum atomic E-state index is 12.7. The zero-order valence-electron chi connectivity index (χ0n) is 35.6. The number of hydrogen-bond acceptors (Lipinski definition) is 11. The molecule has 0 aliphatic carbocycles. The highest BCUT2D eigenvalue weighted by molar-refractivity contribution is 7.47. The van der Waals surface area contributed by atoms with Gasteiger partial charge in [0.05, 0.1) is 25.9 Å². The van der Waals surface area contributed by atoms with Gasteiger partial charge in [-0.2, -0.15) is 0 Å². The van der Waals surface area contributed by atoms with E-state index in [4.69, 9.17) is 23.8 Å². The van der Waals surface area contributed by atoms with Crippen molar-refractivity contribution in [3.8, 4) is 0 Å². The van der Waals surface area contributed by atoms with Crippen molar-refractivity contribution < 1.29 is 66.7 Å². The summed E-state index contributed by atoms with van der Waals surface area (Å²) in [6.45, 7) is 1.26. The Hall–Kier alpha value is -3.00. The number of phosphoric ester groups is 2. The van der Waals surface area contributed by atoms with E-state index in [0.717, 1.165) is 77.0 Å². The lowest BCUT2D eigenvalue weighted by molar-refractivity contribution is -0.161. The van der Waals surface area contributed by atoms with Crippen LogP contribution in [-0.4, -0.2) is 81.6 Å². The summed E-state index contributed by atoms with van der Waals surface area (Å²) in [5, 5.41) is 20.0. The van der Waals surface area contributed by atoms with E-state index in [1.807, 2.05) is 12.2 Å². The number of carbonyl (C=O) groups excluding carboxylic acids is 2. The third kappa shape index (κ3) is 41.7. The standard InChI is InChI=1S/C44H72O14P2/c1-3-5-7-9-11-13-15-17-18-20-22-24-26-28-30-34-43(47)54-38-42(39-57-60(52,53)56-37-41(46)36-55-59(49,50)51)58-44(48)35-31-33-40(45)32-29-27-25-23-21-19-16-14-12-10-8-6-4-2/h5-8,11-14,17-19,21,25,27,29,32,40-42,45-46H,3-4,9-10,15-16,20,22-24,26,28,30-31,33-39H2,1-2H3,(H,52,53)(H2,49,50,51)/b7-5-,8-6-,13-11-,14-12-,18-17-,21-19-,27-25-,32-29+/t40?,41-,42+/m0/s1. The van der Waals surface area contributed by atoms with Crippen LogP contribution in [0, 0.1) is 0 Å². The smallest absolute Gasteiger partial charge is 0.462 e. The average molecular weight is 887 g/mol. The predicted octanol–water partition coefficient (Wildman–Crippen LogP) is 9.53. The van der Waals surface area contributed by atoms with Crippen LogP contribution in [0.15, 0.2) is 97.2 Å². The molecule has 0 aromatic carbocycles. The van der Waals surface area contributed by atoms with E-state index in [1.165, 1.54) is 0 Å². The maximum absolute atomic E-state index is 12.7. The quantitative estimate of drug-likeness (QED) is 0.0128. The lowest BCUT2D eigenvalue weighted by atomic mass is 10.1. The van der Waals surface area contributed by atoms with E-state index >= 15 is 0 Å². The Bertz CT molecular complexity index is 1440. The van der Waals surface area contributed by atoms with Crippen LogP contribution in [0.4, 0.5) is 0 Å². The van der Waals surface area contributed by atoms with Crippen LogP contribution in [0.1, 0.15) is 123 Å². The highest BCUT2D eigenvalue weighted by Crippen LogP contribution is 2.43. The second-order valence-electron chi connectivity index (χ2n) is 13.7. The third-order valence-corrected chi connectivity index (χ3v) is 9.50. The lowest BCUT2D eigenvalue weighted by Gasteiger charge is -2.20. The fraction of sp³-hybridized carbons (Fsp3) is 0.591. The van der Waals surface area contributed by atoms with Crippen LogP contribution in [0.25, 0.3) is 0 Å². The molecule has 0 bridgehead atoms. The minimum absolute atomic E-state index is 0.109. The maximum Gasteiger partial charge on any atom is 0.472 e. The molecule has 0 saturated carbocycles. The van der Waals surface area contributed by atoms with Gasteiger partial charge in [0.25, 0.3) is 0 Å². The molecule has 5 N–H and O–H groups in total. The molecule has 0 radical (unpaired) electrons. The number of aliphatic hydroxyl groups is 2. The first-order chi connectivity index (χ1) is 28.8. The number of aliphatic hydroxyl groups excluding tert-OH is 2. The van der Waals surface area contributed by atoms with Gasteiger partial charge in [0.15, 0.2) is 6.10 Å². The number of allylic oxidation sites excluding steroid dienone is 15. The molecular formula is C44H72O14P2. The summed E-state index contributed by atoms with van der Waals surface area (Å²) in [6, 6.07) is 0. The Labute approximate surface area is 358 Å². The Morgan fingerprint density at radius 1 is 0.550 bits per heavy atom. The topological polar surface area (TPSA) is 216 Å². The second kappa shape index (κ2) is 38.9. The highest BCUT2D eigenvalue weighted by Gasteiger charge is 2.28. The second-order valence-corrected chi connectivity index (χ2v) is 16.4. The van der Waals surface area contributed by atoms with Crippen molar-refractivity contribution in [3.63, 3.8) is 0 Å². The van der Waals surface area contributed by atoms with Gasteiger partial charge in [-0.1, -0.05) is 130 Å². The molecule has 0 saturated heterocycles. The largest absolute Gasteiger partial charge is 0.472 e. The molecule has 0 spiro atoms. The molecule has 2 unspecified atom stereocenters. The van der Waals surface area contributed by atoms with E-state index in [0.29, 0.717) is 6.42 Å². The van der Waals surface area contributed by atoms with E-state index < -0.39 is 72.3 Å². The summed E-state index contributed by atoms with van der Waals surface area (Å²) in [6.07, 6.45) is 41.5. The minimum atomic E-state index is -4.89. The zero-order chi connectivity index (χ0) is 44.6. The molecule has 0 aliphatic heterocycles. The Morgan fingerprint density at radius 2 is 1.05 bits per heavy atom. The number of esters is 2. The van der Waals surface area contributed by atoms with Crippen LogP contribution in [0.2, 0.25) is 0 Å². The van der Waals surface area contributed by atoms with E-state index in [1.54, 1.807) is 12.2 Å². The van der Waals surface area contributed by atoms with E-state index in [-0.39, 0.29) is 25.7 Å². The Morgan fingerprint density at radius 3 is 1.65 bits per heavy atom. The number of unbranched alkanes of at least 4 members (excludes halogenated alkanes) is 5. The number of phosphoric acid groups is 2. The van der Waals surface area contributed by atoms with Gasteiger partial charge >= 0.3 is 27.6 Å². The van der Waals surface area contributed by atoms with Crippen molar-refractivity contribution in [1.29, 1.82) is 0 Å². The normalized spacial score (nSPS) is 15.5. The number of ether oxygens (including phenoxy) is 2. The fourth-order valence-electron chi connectivity index (χ4n) is 4.92. The molecule has 0 amide bonds. The minimum Gasteiger partial charge on any atom is -0.462 e. The first kappa shape index (κ1) is 57.0. The number of rotatable bonds is 38. The zero-order valence-corrected chi connectivity index (χ0v) is 37.4. The van der Waals surface area contributed by atoms with Gasteiger partial charge in [-0.3, -0.25) is 23.2 Å². The van der Waals surface area contributed by atoms with Gasteiger partial charge in [0, 0.05) is 12.8 Å². The molecule has 0 fully saturated rings. The summed E-state index contributed by atoms with van der Waals surface area (Å²) in [7, 11) is -9.76. The monoisotopic (exact) mass is 886 g/mol. The predicted molar refractivity (Wildman–Crippen MR) is 236 cm³/mol. The number of hydrogen-bond donors (Lipinski definition) is 5. The van der Waals surface area contributed by atoms with Crippen molar-refractivity contribution in [2.45, 2.75) is 141 Å². The van der Waals surface area contributed by atoms with Gasteiger partial charge in [-0.15, -0.1) is 0 Å². The van der Waals surface area contributed by atoms with Crippen molar-refractivity contribution in [1.82, 2.24) is 0 Å². The van der Waals surface area contributed by atoms with Crippen LogP contribution >= 0.6 is 15.6 Å². The van der Waals surface area contributed by atoms with Gasteiger partial charge in [-0.25, -0.2) is 9.13 Å². The summed E-state index contributed by atoms with van der Waals surface area (Å²) in [5.41, 5.74) is 0. The van der Waals surface area contributed by atoms with Crippen LogP contribution in [0.3, 0.4) is 0 Å². The lowest BCUT2D eigenvalue weighted by Crippen LogP contribution is -2.30. The van der Waals surface area contributed by atoms with Crippen molar-refractivity contribution in [2.75, 3.05) is 26.4 Å². The number of carbonyl (C=O) groups is 2. The van der Waals surface area contributed by atoms with Crippen LogP contribution in [0.5, 0.6) is 0 Å². The van der Waals surface area contributed by atoms with Crippen LogP contribution in [-0.2, 0) is 41.8 Å². The summed E-state index contributed by atoms with van der Waals surface area (Å²) in [5.74, 6) is -1.27. The van der Waals surface area contributed by atoms with Gasteiger partial charge in [0.1, 0.15) is 12.7 Å². The summed E-state index contributed by atoms with van der Waals surface area (Å²) < 4.78 is 47.6. The molecule has 60 heavy (non-hydrogen) atoms. The molecule has 0 heterocycles. The first-order valence-corrected chi connectivity index (χ1v) is 24.1. The average Bonchev–Trinajstić information content (AvgIpc) is 3.20. The Balaban J connectivity index is 4.78. The SMILES string of the molecule is CC/C=C\C/C=C\C/C=C\C/C=C\C=C\C(O)CCCC(=O)O[C@H](COC(=O)CCCCCCC/C=C\C/C=C\C/C=C\CC)COP(=O)(O)OC[C@@H](O)COP(=O)(O)O. The molecule has 4 atom stereocenters. The molecule has 0 aromatic heterocycles. The van der Waals surface area contributed by atoms with E-state index in [9.17, 15) is 33.8 Å². The van der Waals surface area contributed by atoms with E-state index in [2.05, 4.69) is 95.8 Å². The molecular weight excluding hydrogens is 814 g/mol. The molecule has 16 heteroatoms. The third-order valence-electron chi connectivity index (χ3n) is 8.06. The summed E-state index contributed by atoms with van der Waals surface area (Å²) in [4.78, 5) is 52.7. The first-order valence-electron chi connectivity index (χ1n) is 21.0. The molecule has 0 aromatic rings. The molecule has 0 aliphatic rings. The van der Waals surface area contributed by atoms with Crippen molar-refractivity contribution in [3.05, 3.63) is 97.2 Å². The van der Waals surface area contributed by atoms with Gasteiger partial charge < -0.3 is 34.4 Å². The fourth-order valence-corrected chi connectivity index (χ4v) is 6.07. The molecule has 342 valence electrons. The van der Waals surface area contributed by atoms with Crippen LogP contribution < -0.4 is 0 Å².